The minimum atomic E-state index is 0.942. The Morgan fingerprint density at radius 3 is 2.91 bits per heavy atom. The predicted molar refractivity (Wildman–Crippen MR) is 48.9 cm³/mol. The van der Waals surface area contributed by atoms with Crippen LogP contribution in [-0.2, 0) is 6.54 Å². The van der Waals surface area contributed by atoms with Crippen molar-refractivity contribution in [2.24, 2.45) is 0 Å². The van der Waals surface area contributed by atoms with Gasteiger partial charge >= 0.3 is 0 Å². The Morgan fingerprint density at radius 2 is 2.36 bits per heavy atom. The number of hydrogen-bond donors (Lipinski definition) is 0. The Balaban J connectivity index is 2.51. The lowest BCUT2D eigenvalue weighted by molar-refractivity contribution is 0.467. The Labute approximate surface area is 68.7 Å². The highest BCUT2D eigenvalue weighted by molar-refractivity contribution is 6.04. The first-order chi connectivity index (χ1) is 5.33. The average Bonchev–Trinajstić information content (AvgIpc) is 2.06. The minimum absolute atomic E-state index is 0.942. The van der Waals surface area contributed by atoms with Crippen LogP contribution in [0.15, 0.2) is 24.4 Å². The molecule has 0 saturated carbocycles. The van der Waals surface area contributed by atoms with Crippen molar-refractivity contribution in [1.82, 2.24) is 9.79 Å². The van der Waals surface area contributed by atoms with Crippen LogP contribution in [0.3, 0.4) is 0 Å². The standard InChI is InChI=1S/C8H13BN2/c1-2-11(9)7-8-5-3-4-6-10-8/h3-6H,2,7,9H2,1H3. The molecule has 0 bridgehead atoms. The molecule has 0 aliphatic heterocycles. The molecule has 0 aliphatic rings. The molecule has 0 unspecified atom stereocenters. The Hall–Kier alpha value is -0.825. The monoisotopic (exact) mass is 148 g/mol. The van der Waals surface area contributed by atoms with E-state index in [0.717, 1.165) is 18.8 Å². The summed E-state index contributed by atoms with van der Waals surface area (Å²) in [7, 11) is 2.09. The van der Waals surface area contributed by atoms with Gasteiger partial charge < -0.3 is 4.81 Å². The molecule has 1 aromatic heterocycles. The molecular weight excluding hydrogens is 135 g/mol. The molecule has 0 aliphatic carbocycles. The van der Waals surface area contributed by atoms with Crippen molar-refractivity contribution in [3.8, 4) is 0 Å². The fourth-order valence-corrected chi connectivity index (χ4v) is 0.880. The number of rotatable bonds is 3. The van der Waals surface area contributed by atoms with E-state index in [1.165, 1.54) is 0 Å². The van der Waals surface area contributed by atoms with Crippen LogP contribution in [0.1, 0.15) is 12.6 Å². The van der Waals surface area contributed by atoms with Crippen LogP contribution in [-0.4, -0.2) is 24.3 Å². The zero-order valence-corrected chi connectivity index (χ0v) is 7.12. The van der Waals surface area contributed by atoms with E-state index in [9.17, 15) is 0 Å². The average molecular weight is 148 g/mol. The molecule has 0 amide bonds. The van der Waals surface area contributed by atoms with E-state index >= 15 is 0 Å². The maximum atomic E-state index is 4.22. The summed E-state index contributed by atoms with van der Waals surface area (Å²) in [6.07, 6.45) is 1.83. The van der Waals surface area contributed by atoms with Gasteiger partial charge in [0.05, 0.1) is 5.69 Å². The summed E-state index contributed by atoms with van der Waals surface area (Å²) in [5.41, 5.74) is 1.14. The van der Waals surface area contributed by atoms with Gasteiger partial charge in [-0.05, 0) is 18.7 Å². The van der Waals surface area contributed by atoms with Crippen LogP contribution in [0.2, 0.25) is 0 Å². The summed E-state index contributed by atoms with van der Waals surface area (Å²) in [4.78, 5) is 6.45. The van der Waals surface area contributed by atoms with Crippen LogP contribution < -0.4 is 0 Å². The van der Waals surface area contributed by atoms with Crippen molar-refractivity contribution in [2.45, 2.75) is 13.5 Å². The summed E-state index contributed by atoms with van der Waals surface area (Å²) >= 11 is 0. The third-order valence-corrected chi connectivity index (χ3v) is 1.70. The van der Waals surface area contributed by atoms with Gasteiger partial charge in [0.25, 0.3) is 0 Å². The molecule has 11 heavy (non-hydrogen) atoms. The lowest BCUT2D eigenvalue weighted by atomic mass is 10.2. The molecule has 0 fully saturated rings. The third-order valence-electron chi connectivity index (χ3n) is 1.70. The Kier molecular flexibility index (Phi) is 3.11. The van der Waals surface area contributed by atoms with Crippen LogP contribution in [0.4, 0.5) is 0 Å². The van der Waals surface area contributed by atoms with E-state index in [-0.39, 0.29) is 0 Å². The van der Waals surface area contributed by atoms with E-state index in [1.807, 2.05) is 24.4 Å². The molecule has 0 N–H and O–H groups in total. The number of nitrogens with zero attached hydrogens (tertiary/aromatic N) is 2. The van der Waals surface area contributed by atoms with Crippen molar-refractivity contribution >= 4 is 7.98 Å². The Morgan fingerprint density at radius 1 is 1.55 bits per heavy atom. The molecule has 0 spiro atoms. The molecule has 2 nitrogen and oxygen atoms in total. The number of aromatic nitrogens is 1. The van der Waals surface area contributed by atoms with Crippen LogP contribution in [0, 0.1) is 0 Å². The molecule has 0 aromatic carbocycles. The molecule has 0 radical (unpaired) electrons. The van der Waals surface area contributed by atoms with Crippen molar-refractivity contribution in [3.05, 3.63) is 30.1 Å². The molecule has 3 heteroatoms. The first-order valence-electron chi connectivity index (χ1n) is 3.91. The molecule has 0 saturated heterocycles. The van der Waals surface area contributed by atoms with Gasteiger partial charge in [0.15, 0.2) is 7.98 Å². The first-order valence-corrected chi connectivity index (χ1v) is 3.91. The summed E-state index contributed by atoms with van der Waals surface area (Å²) in [5, 5.41) is 0. The lowest BCUT2D eigenvalue weighted by Gasteiger charge is -2.12. The second-order valence-corrected chi connectivity index (χ2v) is 2.65. The van der Waals surface area contributed by atoms with Gasteiger partial charge in [-0.3, -0.25) is 4.98 Å². The quantitative estimate of drug-likeness (QED) is 0.578. The van der Waals surface area contributed by atoms with Crippen molar-refractivity contribution in [2.75, 3.05) is 6.54 Å². The third kappa shape index (κ3) is 2.72. The van der Waals surface area contributed by atoms with Gasteiger partial charge in [0.2, 0.25) is 0 Å². The number of pyridine rings is 1. The van der Waals surface area contributed by atoms with Gasteiger partial charge in [-0.25, -0.2) is 0 Å². The topological polar surface area (TPSA) is 16.1 Å². The van der Waals surface area contributed by atoms with Crippen LogP contribution in [0.25, 0.3) is 0 Å². The summed E-state index contributed by atoms with van der Waals surface area (Å²) in [6.45, 7) is 4.15. The second kappa shape index (κ2) is 4.14. The van der Waals surface area contributed by atoms with E-state index in [1.54, 1.807) is 0 Å². The van der Waals surface area contributed by atoms with Crippen LogP contribution in [0.5, 0.6) is 0 Å². The fourth-order valence-electron chi connectivity index (χ4n) is 0.880. The molecule has 1 rings (SSSR count). The molecular formula is C8H13BN2. The highest BCUT2D eigenvalue weighted by atomic mass is 15.0. The molecule has 58 valence electrons. The van der Waals surface area contributed by atoms with Gasteiger partial charge in [-0.2, -0.15) is 0 Å². The molecule has 1 heterocycles. The molecule has 1 aromatic rings. The summed E-state index contributed by atoms with van der Waals surface area (Å²) < 4.78 is 0. The second-order valence-electron chi connectivity index (χ2n) is 2.65. The zero-order chi connectivity index (χ0) is 8.10. The fraction of sp³-hybridized carbons (Fsp3) is 0.375. The summed E-state index contributed by atoms with van der Waals surface area (Å²) in [5.74, 6) is 0. The van der Waals surface area contributed by atoms with E-state index in [0.29, 0.717) is 0 Å². The van der Waals surface area contributed by atoms with E-state index < -0.39 is 0 Å². The minimum Gasteiger partial charge on any atom is -0.344 e. The maximum absolute atomic E-state index is 4.22. The van der Waals surface area contributed by atoms with E-state index in [2.05, 4.69) is 24.7 Å². The van der Waals surface area contributed by atoms with Gasteiger partial charge in [0, 0.05) is 12.7 Å². The first kappa shape index (κ1) is 8.27. The normalized spacial score (nSPS) is 10.4. The SMILES string of the molecule is BN(CC)Cc1ccccn1. The molecule has 0 atom stereocenters. The van der Waals surface area contributed by atoms with Gasteiger partial charge in [-0.1, -0.05) is 13.0 Å². The zero-order valence-electron chi connectivity index (χ0n) is 7.12. The van der Waals surface area contributed by atoms with Crippen molar-refractivity contribution in [3.63, 3.8) is 0 Å². The van der Waals surface area contributed by atoms with Gasteiger partial charge in [-0.15, -0.1) is 0 Å². The highest BCUT2D eigenvalue weighted by Gasteiger charge is 1.95. The van der Waals surface area contributed by atoms with Crippen molar-refractivity contribution < 1.29 is 0 Å². The maximum Gasteiger partial charge on any atom is 0.185 e. The highest BCUT2D eigenvalue weighted by Crippen LogP contribution is 1.96. The van der Waals surface area contributed by atoms with Gasteiger partial charge in [0.1, 0.15) is 0 Å². The number of hydrogen-bond acceptors (Lipinski definition) is 2. The van der Waals surface area contributed by atoms with Crippen molar-refractivity contribution in [1.29, 1.82) is 0 Å². The largest absolute Gasteiger partial charge is 0.344 e. The van der Waals surface area contributed by atoms with Crippen LogP contribution >= 0.6 is 0 Å². The lowest BCUT2D eigenvalue weighted by Crippen LogP contribution is -2.19. The van der Waals surface area contributed by atoms with E-state index in [4.69, 9.17) is 0 Å². The summed E-state index contributed by atoms with van der Waals surface area (Å²) in [6, 6.07) is 6.01. The Bertz CT molecular complexity index is 201. The predicted octanol–water partition coefficient (Wildman–Crippen LogP) is 0.452. The smallest absolute Gasteiger partial charge is 0.185 e.